The Balaban J connectivity index is 1.86. The Hall–Kier alpha value is -0.860. The number of benzene rings is 1. The molecule has 1 aromatic carbocycles. The van der Waals surface area contributed by atoms with Gasteiger partial charge in [-0.25, -0.2) is 0 Å². The highest BCUT2D eigenvalue weighted by Crippen LogP contribution is 2.33. The Kier molecular flexibility index (Phi) is 3.44. The fourth-order valence-electron chi connectivity index (χ4n) is 3.28. The van der Waals surface area contributed by atoms with Crippen LogP contribution in [0.5, 0.6) is 0 Å². The lowest BCUT2D eigenvalue weighted by molar-refractivity contribution is 0.454. The van der Waals surface area contributed by atoms with Gasteiger partial charge in [-0.05, 0) is 62.4 Å². The molecular weight excluding hydrogens is 208 g/mol. The van der Waals surface area contributed by atoms with Crippen LogP contribution in [0, 0.1) is 0 Å². The monoisotopic (exact) mass is 230 g/mol. The summed E-state index contributed by atoms with van der Waals surface area (Å²) in [5.41, 5.74) is 3.17. The predicted octanol–water partition coefficient (Wildman–Crippen LogP) is 2.58. The molecule has 1 atom stereocenters. The first-order chi connectivity index (χ1) is 8.45. The van der Waals surface area contributed by atoms with Gasteiger partial charge in [0.15, 0.2) is 0 Å². The first-order valence-electron chi connectivity index (χ1n) is 6.98. The zero-order valence-electron chi connectivity index (χ0n) is 10.4. The summed E-state index contributed by atoms with van der Waals surface area (Å²) < 4.78 is 0. The highest BCUT2D eigenvalue weighted by Gasteiger charge is 2.23. The third-order valence-electron chi connectivity index (χ3n) is 4.21. The number of hydrogen-bond acceptors (Lipinski definition) is 2. The summed E-state index contributed by atoms with van der Waals surface area (Å²) in [6, 6.07) is 9.70. The summed E-state index contributed by atoms with van der Waals surface area (Å²) in [5.74, 6) is 0.773. The molecule has 0 radical (unpaired) electrons. The van der Waals surface area contributed by atoms with Crippen LogP contribution in [0.4, 0.5) is 0 Å². The molecular formula is C15H22N2. The molecule has 0 spiro atoms. The number of piperidine rings is 1. The highest BCUT2D eigenvalue weighted by molar-refractivity contribution is 5.34. The summed E-state index contributed by atoms with van der Waals surface area (Å²) in [6.07, 6.45) is 5.22. The second kappa shape index (κ2) is 5.19. The summed E-state index contributed by atoms with van der Waals surface area (Å²) in [4.78, 5) is 0. The lowest BCUT2D eigenvalue weighted by atomic mass is 9.85. The smallest absolute Gasteiger partial charge is 0.0323 e. The van der Waals surface area contributed by atoms with Gasteiger partial charge >= 0.3 is 0 Å². The predicted molar refractivity (Wildman–Crippen MR) is 71.3 cm³/mol. The molecule has 0 bridgehead atoms. The first-order valence-corrected chi connectivity index (χ1v) is 6.98. The Morgan fingerprint density at radius 3 is 2.35 bits per heavy atom. The van der Waals surface area contributed by atoms with Gasteiger partial charge in [-0.2, -0.15) is 0 Å². The summed E-state index contributed by atoms with van der Waals surface area (Å²) >= 11 is 0. The van der Waals surface area contributed by atoms with Crippen LogP contribution >= 0.6 is 0 Å². The van der Waals surface area contributed by atoms with Crippen molar-refractivity contribution in [2.75, 3.05) is 19.6 Å². The molecule has 0 amide bonds. The molecule has 0 aliphatic carbocycles. The Bertz CT molecular complexity index is 363. The lowest BCUT2D eigenvalue weighted by Crippen LogP contribution is -2.27. The van der Waals surface area contributed by atoms with Crippen LogP contribution in [0.3, 0.4) is 0 Å². The number of rotatable bonds is 2. The van der Waals surface area contributed by atoms with Crippen LogP contribution in [0.2, 0.25) is 0 Å². The zero-order chi connectivity index (χ0) is 11.5. The van der Waals surface area contributed by atoms with E-state index in [2.05, 4.69) is 34.9 Å². The zero-order valence-corrected chi connectivity index (χ0v) is 10.4. The van der Waals surface area contributed by atoms with E-state index in [1.807, 2.05) is 0 Å². The van der Waals surface area contributed by atoms with Crippen LogP contribution in [-0.4, -0.2) is 19.6 Å². The van der Waals surface area contributed by atoms with Gasteiger partial charge in [-0.3, -0.25) is 0 Å². The molecule has 2 heterocycles. The molecule has 0 saturated carbocycles. The third-order valence-corrected chi connectivity index (χ3v) is 4.21. The van der Waals surface area contributed by atoms with E-state index in [4.69, 9.17) is 0 Å². The Morgan fingerprint density at radius 1 is 0.882 bits per heavy atom. The van der Waals surface area contributed by atoms with Gasteiger partial charge in [0, 0.05) is 6.04 Å². The molecule has 1 aromatic rings. The number of hydrogen-bond donors (Lipinski definition) is 2. The highest BCUT2D eigenvalue weighted by atomic mass is 14.9. The molecule has 1 unspecified atom stereocenters. The van der Waals surface area contributed by atoms with Crippen molar-refractivity contribution in [3.05, 3.63) is 35.4 Å². The van der Waals surface area contributed by atoms with Crippen molar-refractivity contribution in [3.63, 3.8) is 0 Å². The maximum absolute atomic E-state index is 3.64. The van der Waals surface area contributed by atoms with E-state index in [9.17, 15) is 0 Å². The molecule has 17 heavy (non-hydrogen) atoms. The maximum atomic E-state index is 3.64. The summed E-state index contributed by atoms with van der Waals surface area (Å²) in [6.45, 7) is 3.54. The molecule has 2 aliphatic rings. The van der Waals surface area contributed by atoms with Crippen molar-refractivity contribution in [2.45, 2.75) is 37.6 Å². The summed E-state index contributed by atoms with van der Waals surface area (Å²) in [5, 5.41) is 7.09. The van der Waals surface area contributed by atoms with Crippen molar-refractivity contribution in [3.8, 4) is 0 Å². The van der Waals surface area contributed by atoms with Crippen LogP contribution in [-0.2, 0) is 0 Å². The SMILES string of the molecule is c1ccc(C2CCCN2)c(C2CCNCC2)c1. The minimum atomic E-state index is 0.612. The van der Waals surface area contributed by atoms with Crippen LogP contribution in [0.25, 0.3) is 0 Å². The van der Waals surface area contributed by atoms with Gasteiger partial charge in [0.2, 0.25) is 0 Å². The molecule has 2 aliphatic heterocycles. The molecule has 2 heteroatoms. The van der Waals surface area contributed by atoms with Gasteiger partial charge in [0.05, 0.1) is 0 Å². The molecule has 0 aromatic heterocycles. The van der Waals surface area contributed by atoms with Crippen molar-refractivity contribution >= 4 is 0 Å². The largest absolute Gasteiger partial charge is 0.317 e. The van der Waals surface area contributed by atoms with Crippen molar-refractivity contribution in [1.29, 1.82) is 0 Å². The Labute approximate surface area is 104 Å². The quantitative estimate of drug-likeness (QED) is 0.816. The average molecular weight is 230 g/mol. The van der Waals surface area contributed by atoms with Crippen LogP contribution in [0.1, 0.15) is 48.8 Å². The third kappa shape index (κ3) is 2.38. The van der Waals surface area contributed by atoms with Gasteiger partial charge in [0.25, 0.3) is 0 Å². The van der Waals surface area contributed by atoms with E-state index in [0.29, 0.717) is 6.04 Å². The van der Waals surface area contributed by atoms with Gasteiger partial charge in [-0.1, -0.05) is 24.3 Å². The minimum absolute atomic E-state index is 0.612. The second-order valence-electron chi connectivity index (χ2n) is 5.30. The summed E-state index contributed by atoms with van der Waals surface area (Å²) in [7, 11) is 0. The van der Waals surface area contributed by atoms with Crippen LogP contribution in [0.15, 0.2) is 24.3 Å². The minimum Gasteiger partial charge on any atom is -0.317 e. The molecule has 2 nitrogen and oxygen atoms in total. The first kappa shape index (κ1) is 11.2. The normalized spacial score (nSPS) is 26.2. The molecule has 2 fully saturated rings. The van der Waals surface area contributed by atoms with Crippen molar-refractivity contribution in [2.24, 2.45) is 0 Å². The van der Waals surface area contributed by atoms with E-state index in [1.54, 1.807) is 11.1 Å². The van der Waals surface area contributed by atoms with E-state index in [-0.39, 0.29) is 0 Å². The second-order valence-corrected chi connectivity index (χ2v) is 5.30. The van der Waals surface area contributed by atoms with Crippen LogP contribution < -0.4 is 10.6 Å². The average Bonchev–Trinajstić information content (AvgIpc) is 2.94. The van der Waals surface area contributed by atoms with Gasteiger partial charge < -0.3 is 10.6 Å². The van der Waals surface area contributed by atoms with Crippen molar-refractivity contribution in [1.82, 2.24) is 10.6 Å². The van der Waals surface area contributed by atoms with E-state index >= 15 is 0 Å². The molecule has 3 rings (SSSR count). The molecule has 92 valence electrons. The topological polar surface area (TPSA) is 24.1 Å². The fraction of sp³-hybridized carbons (Fsp3) is 0.600. The molecule has 2 saturated heterocycles. The Morgan fingerprint density at radius 2 is 1.65 bits per heavy atom. The van der Waals surface area contributed by atoms with Crippen molar-refractivity contribution < 1.29 is 0 Å². The van der Waals surface area contributed by atoms with Gasteiger partial charge in [-0.15, -0.1) is 0 Å². The van der Waals surface area contributed by atoms with E-state index in [0.717, 1.165) is 5.92 Å². The van der Waals surface area contributed by atoms with E-state index < -0.39 is 0 Å². The molecule has 2 N–H and O–H groups in total. The van der Waals surface area contributed by atoms with E-state index in [1.165, 1.54) is 45.3 Å². The number of nitrogens with one attached hydrogen (secondary N) is 2. The lowest BCUT2D eigenvalue weighted by Gasteiger charge is -2.27. The maximum Gasteiger partial charge on any atom is 0.0323 e. The standard InChI is InChI=1S/C15H22N2/c1-2-5-14(15-6-3-9-17-15)13(4-1)12-7-10-16-11-8-12/h1-2,4-5,12,15-17H,3,6-11H2. The fourth-order valence-corrected chi connectivity index (χ4v) is 3.28. The van der Waals surface area contributed by atoms with Gasteiger partial charge in [0.1, 0.15) is 0 Å².